The molecule has 0 saturated heterocycles. The van der Waals surface area contributed by atoms with Gasteiger partial charge in [0.2, 0.25) is 0 Å². The number of nitrogens with zero attached hydrogens (tertiary/aromatic N) is 2. The summed E-state index contributed by atoms with van der Waals surface area (Å²) in [7, 11) is 1.33. The van der Waals surface area contributed by atoms with Crippen molar-refractivity contribution in [2.24, 2.45) is 4.99 Å². The molecule has 8 nitrogen and oxygen atoms in total. The Morgan fingerprint density at radius 2 is 1.80 bits per heavy atom. The molecular formula is C30H26N2O6S2. The molecule has 1 aliphatic heterocycles. The van der Waals surface area contributed by atoms with Gasteiger partial charge in [-0.05, 0) is 62.1 Å². The minimum absolute atomic E-state index is 0.213. The third-order valence-corrected chi connectivity index (χ3v) is 8.17. The van der Waals surface area contributed by atoms with Crippen molar-refractivity contribution in [1.82, 2.24) is 4.57 Å². The van der Waals surface area contributed by atoms with Crippen molar-refractivity contribution >= 4 is 41.1 Å². The van der Waals surface area contributed by atoms with Crippen LogP contribution in [-0.4, -0.2) is 36.5 Å². The van der Waals surface area contributed by atoms with Gasteiger partial charge in [-0.3, -0.25) is 9.36 Å². The van der Waals surface area contributed by atoms with Crippen LogP contribution >= 0.6 is 23.1 Å². The van der Waals surface area contributed by atoms with Crippen molar-refractivity contribution in [2.75, 3.05) is 20.0 Å². The zero-order valence-corrected chi connectivity index (χ0v) is 23.9. The standard InChI is InChI=1S/C30H26N2O6S2/c1-5-37-29(35)25-17(2)31-30-32(26(25)19-10-13-22(39-4)14-11-19)27(33)24(40-30)16-21-12-15-23(38-21)18-6-8-20(9-7-18)28(34)36-3/h6-16,26H,5H2,1-4H3/b24-16-. The van der Waals surface area contributed by atoms with Gasteiger partial charge >= 0.3 is 11.9 Å². The highest BCUT2D eigenvalue weighted by Gasteiger charge is 2.33. The molecule has 0 bridgehead atoms. The summed E-state index contributed by atoms with van der Waals surface area (Å²) in [6.45, 7) is 3.72. The Morgan fingerprint density at radius 1 is 1.07 bits per heavy atom. The Labute approximate surface area is 238 Å². The zero-order valence-electron chi connectivity index (χ0n) is 22.3. The second-order valence-electron chi connectivity index (χ2n) is 8.85. The van der Waals surface area contributed by atoms with E-state index >= 15 is 0 Å². The minimum atomic E-state index is -0.672. The van der Waals surface area contributed by atoms with E-state index in [0.29, 0.717) is 37.7 Å². The van der Waals surface area contributed by atoms with Crippen molar-refractivity contribution < 1.29 is 23.5 Å². The largest absolute Gasteiger partial charge is 0.465 e. The van der Waals surface area contributed by atoms with Crippen LogP contribution in [0.2, 0.25) is 0 Å². The van der Waals surface area contributed by atoms with E-state index in [1.807, 2.05) is 30.5 Å². The van der Waals surface area contributed by atoms with Gasteiger partial charge in [0, 0.05) is 16.5 Å². The molecular weight excluding hydrogens is 548 g/mol. The van der Waals surface area contributed by atoms with Crippen LogP contribution in [0.25, 0.3) is 17.4 Å². The number of esters is 2. The second kappa shape index (κ2) is 11.5. The Kier molecular flexibility index (Phi) is 7.90. The Morgan fingerprint density at radius 3 is 2.45 bits per heavy atom. The fourth-order valence-electron chi connectivity index (χ4n) is 4.50. The van der Waals surface area contributed by atoms with Gasteiger partial charge in [-0.15, -0.1) is 11.8 Å². The van der Waals surface area contributed by atoms with E-state index < -0.39 is 18.0 Å². The Hall–Kier alpha value is -4.15. The van der Waals surface area contributed by atoms with Crippen molar-refractivity contribution in [3.63, 3.8) is 0 Å². The van der Waals surface area contributed by atoms with E-state index in [-0.39, 0.29) is 12.2 Å². The van der Waals surface area contributed by atoms with E-state index in [9.17, 15) is 14.4 Å². The van der Waals surface area contributed by atoms with Crippen LogP contribution in [0, 0.1) is 0 Å². The Balaban J connectivity index is 1.57. The van der Waals surface area contributed by atoms with Crippen LogP contribution < -0.4 is 14.9 Å². The number of rotatable bonds is 7. The highest BCUT2D eigenvalue weighted by molar-refractivity contribution is 7.98. The number of allylic oxidation sites excluding steroid dienone is 1. The maximum atomic E-state index is 13.8. The molecule has 1 aliphatic rings. The molecule has 3 heterocycles. The van der Waals surface area contributed by atoms with Gasteiger partial charge in [0.25, 0.3) is 5.56 Å². The number of hydrogen-bond donors (Lipinski definition) is 0. The lowest BCUT2D eigenvalue weighted by Gasteiger charge is -2.24. The first-order valence-electron chi connectivity index (χ1n) is 12.5. The summed E-state index contributed by atoms with van der Waals surface area (Å²) < 4.78 is 18.1. The second-order valence-corrected chi connectivity index (χ2v) is 10.7. The third kappa shape index (κ3) is 5.20. The van der Waals surface area contributed by atoms with E-state index in [1.165, 1.54) is 18.4 Å². The first-order chi connectivity index (χ1) is 19.3. The quantitative estimate of drug-likeness (QED) is 0.236. The minimum Gasteiger partial charge on any atom is -0.465 e. The number of ether oxygens (including phenoxy) is 2. The fourth-order valence-corrected chi connectivity index (χ4v) is 5.93. The number of benzene rings is 2. The summed E-state index contributed by atoms with van der Waals surface area (Å²) in [6.07, 6.45) is 3.66. The van der Waals surface area contributed by atoms with Crippen LogP contribution in [-0.2, 0) is 14.3 Å². The van der Waals surface area contributed by atoms with Gasteiger partial charge in [-0.2, -0.15) is 0 Å². The zero-order chi connectivity index (χ0) is 28.4. The van der Waals surface area contributed by atoms with Gasteiger partial charge in [-0.25, -0.2) is 14.6 Å². The lowest BCUT2D eigenvalue weighted by atomic mass is 9.96. The number of hydrogen-bond acceptors (Lipinski definition) is 9. The molecule has 1 unspecified atom stereocenters. The highest BCUT2D eigenvalue weighted by atomic mass is 32.2. The lowest BCUT2D eigenvalue weighted by Crippen LogP contribution is -2.39. The van der Waals surface area contributed by atoms with Gasteiger partial charge in [-0.1, -0.05) is 35.6 Å². The van der Waals surface area contributed by atoms with Crippen LogP contribution in [0.3, 0.4) is 0 Å². The van der Waals surface area contributed by atoms with Gasteiger partial charge in [0.05, 0.1) is 41.1 Å². The number of thioether (sulfide) groups is 1. The van der Waals surface area contributed by atoms with E-state index in [1.54, 1.807) is 72.7 Å². The van der Waals surface area contributed by atoms with Crippen molar-refractivity contribution in [1.29, 1.82) is 0 Å². The molecule has 2 aromatic heterocycles. The van der Waals surface area contributed by atoms with Crippen LogP contribution in [0.4, 0.5) is 0 Å². The fraction of sp³-hybridized carbons (Fsp3) is 0.200. The highest BCUT2D eigenvalue weighted by Crippen LogP contribution is 2.32. The molecule has 10 heteroatoms. The normalized spacial score (nSPS) is 15.0. The molecule has 0 aliphatic carbocycles. The summed E-state index contributed by atoms with van der Waals surface area (Å²) in [4.78, 5) is 44.7. The molecule has 5 rings (SSSR count). The molecule has 0 spiro atoms. The molecule has 0 saturated carbocycles. The van der Waals surface area contributed by atoms with Gasteiger partial charge in [0.15, 0.2) is 4.80 Å². The molecule has 2 aromatic carbocycles. The molecule has 40 heavy (non-hydrogen) atoms. The summed E-state index contributed by atoms with van der Waals surface area (Å²) in [5.41, 5.74) is 2.58. The smallest absolute Gasteiger partial charge is 0.338 e. The van der Waals surface area contributed by atoms with Gasteiger partial charge < -0.3 is 13.9 Å². The van der Waals surface area contributed by atoms with Crippen LogP contribution in [0.5, 0.6) is 0 Å². The predicted molar refractivity (Wildman–Crippen MR) is 154 cm³/mol. The SMILES string of the molecule is CCOC(=O)C1=C(C)N=c2s/c(=C\c3ccc(-c4ccc(C(=O)OC)cc4)o3)c(=O)n2C1c1ccc(SC)cc1. The van der Waals surface area contributed by atoms with Crippen LogP contribution in [0.15, 0.2) is 91.0 Å². The number of aromatic nitrogens is 1. The first kappa shape index (κ1) is 27.4. The summed E-state index contributed by atoms with van der Waals surface area (Å²) in [5.74, 6) is 0.162. The molecule has 0 fully saturated rings. The predicted octanol–water partition coefficient (Wildman–Crippen LogP) is 4.57. The van der Waals surface area contributed by atoms with Gasteiger partial charge in [0.1, 0.15) is 11.5 Å². The Bertz CT molecular complexity index is 1790. The monoisotopic (exact) mass is 574 g/mol. The molecule has 4 aromatic rings. The first-order valence-corrected chi connectivity index (χ1v) is 14.5. The van der Waals surface area contributed by atoms with E-state index in [2.05, 4.69) is 4.99 Å². The van der Waals surface area contributed by atoms with Crippen molar-refractivity contribution in [2.45, 2.75) is 24.8 Å². The molecule has 204 valence electrons. The summed E-state index contributed by atoms with van der Waals surface area (Å²) >= 11 is 2.85. The van der Waals surface area contributed by atoms with E-state index in [4.69, 9.17) is 13.9 Å². The number of furan rings is 1. The van der Waals surface area contributed by atoms with Crippen molar-refractivity contribution in [3.8, 4) is 11.3 Å². The number of thiazole rings is 1. The lowest BCUT2D eigenvalue weighted by molar-refractivity contribution is -0.139. The number of fused-ring (bicyclic) bond motifs is 1. The van der Waals surface area contributed by atoms with E-state index in [0.717, 1.165) is 16.0 Å². The number of methoxy groups -OCH3 is 1. The number of carbonyl (C=O) groups is 2. The number of carbonyl (C=O) groups excluding carboxylic acids is 2. The maximum Gasteiger partial charge on any atom is 0.338 e. The molecule has 0 amide bonds. The maximum absolute atomic E-state index is 13.8. The average Bonchev–Trinajstić information content (AvgIpc) is 3.56. The summed E-state index contributed by atoms with van der Waals surface area (Å²) in [6, 6.07) is 17.6. The average molecular weight is 575 g/mol. The third-order valence-electron chi connectivity index (χ3n) is 6.44. The summed E-state index contributed by atoms with van der Waals surface area (Å²) in [5, 5.41) is 0. The van der Waals surface area contributed by atoms with Crippen LogP contribution in [0.1, 0.15) is 41.6 Å². The molecule has 0 N–H and O–H groups in total. The van der Waals surface area contributed by atoms with Crippen molar-refractivity contribution in [3.05, 3.63) is 109 Å². The topological polar surface area (TPSA) is 100 Å². The molecule has 0 radical (unpaired) electrons. The molecule has 1 atom stereocenters.